The lowest BCUT2D eigenvalue weighted by Crippen LogP contribution is -1.87. The van der Waals surface area contributed by atoms with Gasteiger partial charge in [-0.1, -0.05) is 0 Å². The molecule has 0 spiro atoms. The number of nitro benzene ring substituents is 1. The van der Waals surface area contributed by atoms with Crippen molar-refractivity contribution >= 4 is 5.69 Å². The van der Waals surface area contributed by atoms with E-state index in [1.807, 2.05) is 0 Å². The van der Waals surface area contributed by atoms with E-state index in [2.05, 4.69) is 16.6 Å². The molecule has 14 heavy (non-hydrogen) atoms. The predicted molar refractivity (Wildman–Crippen MR) is 45.2 cm³/mol. The minimum absolute atomic E-state index is 0.0252. The number of non-ortho nitro benzene ring substituents is 1. The molecule has 0 bridgehead atoms. The highest BCUT2D eigenvalue weighted by atomic mass is 16.6. The molecule has 6 heteroatoms. The van der Waals surface area contributed by atoms with Gasteiger partial charge in [0.15, 0.2) is 0 Å². The average molecular weight is 190 g/mol. The molecule has 0 fully saturated rings. The topological polar surface area (TPSA) is 82.1 Å². The Balaban J connectivity index is 2.36. The summed E-state index contributed by atoms with van der Waals surface area (Å²) < 4.78 is 4.80. The predicted octanol–water partition coefficient (Wildman–Crippen LogP) is 1.44. The van der Waals surface area contributed by atoms with E-state index in [9.17, 15) is 10.1 Å². The molecule has 2 rings (SSSR count). The first-order valence-electron chi connectivity index (χ1n) is 3.72. The van der Waals surface area contributed by atoms with Crippen LogP contribution in [-0.4, -0.2) is 15.1 Å². The minimum atomic E-state index is -0.469. The quantitative estimate of drug-likeness (QED) is 0.528. The van der Waals surface area contributed by atoms with E-state index in [0.717, 1.165) is 0 Å². The average Bonchev–Trinajstić information content (AvgIpc) is 2.71. The fourth-order valence-corrected chi connectivity index (χ4v) is 0.992. The van der Waals surface area contributed by atoms with Gasteiger partial charge in [0.05, 0.1) is 4.92 Å². The summed E-state index contributed by atoms with van der Waals surface area (Å²) in [7, 11) is 0. The Morgan fingerprint density at radius 2 is 2.07 bits per heavy atom. The van der Waals surface area contributed by atoms with Crippen molar-refractivity contribution in [1.82, 2.24) is 10.2 Å². The van der Waals surface area contributed by atoms with Crippen LogP contribution in [0.4, 0.5) is 5.69 Å². The minimum Gasteiger partial charge on any atom is -0.412 e. The fraction of sp³-hybridized carbons (Fsp3) is 0. The van der Waals surface area contributed by atoms with Gasteiger partial charge in [0.1, 0.15) is 0 Å². The zero-order valence-corrected chi connectivity index (χ0v) is 6.88. The first-order valence-corrected chi connectivity index (χ1v) is 3.72. The number of nitrogens with zero attached hydrogens (tertiary/aromatic N) is 3. The van der Waals surface area contributed by atoms with Crippen LogP contribution in [0.5, 0.6) is 0 Å². The normalized spacial score (nSPS) is 10.0. The van der Waals surface area contributed by atoms with Crippen LogP contribution in [0.15, 0.2) is 28.7 Å². The van der Waals surface area contributed by atoms with Gasteiger partial charge in [-0.25, -0.2) is 0 Å². The Kier molecular flexibility index (Phi) is 1.94. The highest BCUT2D eigenvalue weighted by Gasteiger charge is 2.07. The van der Waals surface area contributed by atoms with Crippen molar-refractivity contribution in [2.75, 3.05) is 0 Å². The van der Waals surface area contributed by atoms with Crippen molar-refractivity contribution in [2.45, 2.75) is 0 Å². The Morgan fingerprint density at radius 1 is 1.36 bits per heavy atom. The molecule has 69 valence electrons. The maximum atomic E-state index is 10.3. The molecule has 0 aliphatic rings. The van der Waals surface area contributed by atoms with Gasteiger partial charge in [0, 0.05) is 17.7 Å². The van der Waals surface area contributed by atoms with Gasteiger partial charge < -0.3 is 4.42 Å². The molecule has 0 unspecified atom stereocenters. The molecule has 0 saturated heterocycles. The van der Waals surface area contributed by atoms with Crippen LogP contribution >= 0.6 is 0 Å². The molecule has 0 atom stereocenters. The summed E-state index contributed by atoms with van der Waals surface area (Å²) in [5.41, 5.74) is 0.654. The summed E-state index contributed by atoms with van der Waals surface area (Å²) >= 11 is 0. The van der Waals surface area contributed by atoms with Crippen molar-refractivity contribution in [3.05, 3.63) is 40.8 Å². The second-order valence-electron chi connectivity index (χ2n) is 2.50. The molecule has 0 N–H and O–H groups in total. The molecule has 0 aliphatic carbocycles. The third-order valence-corrected chi connectivity index (χ3v) is 1.65. The number of hydrogen-bond donors (Lipinski definition) is 0. The second kappa shape index (κ2) is 3.25. The van der Waals surface area contributed by atoms with E-state index in [-0.39, 0.29) is 5.69 Å². The Hall–Kier alpha value is -2.24. The number of hydrogen-bond acceptors (Lipinski definition) is 5. The van der Waals surface area contributed by atoms with Crippen LogP contribution in [0.1, 0.15) is 0 Å². The van der Waals surface area contributed by atoms with Crippen molar-refractivity contribution in [1.29, 1.82) is 0 Å². The van der Waals surface area contributed by atoms with Crippen molar-refractivity contribution in [3.63, 3.8) is 0 Å². The summed E-state index contributed by atoms with van der Waals surface area (Å²) in [6, 6.07) is 5.83. The van der Waals surface area contributed by atoms with E-state index < -0.39 is 4.92 Å². The highest BCUT2D eigenvalue weighted by molar-refractivity contribution is 5.54. The second-order valence-corrected chi connectivity index (χ2v) is 2.50. The maximum Gasteiger partial charge on any atom is 0.306 e. The smallest absolute Gasteiger partial charge is 0.306 e. The van der Waals surface area contributed by atoms with Crippen LogP contribution in [0, 0.1) is 16.5 Å². The van der Waals surface area contributed by atoms with E-state index >= 15 is 0 Å². The number of rotatable bonds is 2. The lowest BCUT2D eigenvalue weighted by atomic mass is 10.2. The van der Waals surface area contributed by atoms with E-state index in [0.29, 0.717) is 11.5 Å². The van der Waals surface area contributed by atoms with Crippen molar-refractivity contribution in [3.8, 4) is 11.5 Å². The Morgan fingerprint density at radius 3 is 2.57 bits per heavy atom. The van der Waals surface area contributed by atoms with Gasteiger partial charge in [-0.3, -0.25) is 10.1 Å². The van der Waals surface area contributed by atoms with Crippen LogP contribution in [0.3, 0.4) is 0 Å². The summed E-state index contributed by atoms with van der Waals surface area (Å²) in [6.07, 6.45) is 2.20. The molecular formula is C8H4N3O3. The Labute approximate surface area is 78.3 Å². The van der Waals surface area contributed by atoms with Gasteiger partial charge in [-0.2, -0.15) is 0 Å². The number of benzene rings is 1. The van der Waals surface area contributed by atoms with Gasteiger partial charge in [0.25, 0.3) is 5.69 Å². The number of aromatic nitrogens is 2. The molecule has 2 aromatic rings. The van der Waals surface area contributed by atoms with Gasteiger partial charge in [-0.05, 0) is 12.1 Å². The fourth-order valence-electron chi connectivity index (χ4n) is 0.992. The lowest BCUT2D eigenvalue weighted by molar-refractivity contribution is -0.384. The first kappa shape index (κ1) is 8.36. The summed E-state index contributed by atoms with van der Waals surface area (Å²) in [6.45, 7) is 0. The summed E-state index contributed by atoms with van der Waals surface area (Å²) in [5, 5.41) is 17.3. The monoisotopic (exact) mass is 190 g/mol. The van der Waals surface area contributed by atoms with Crippen LogP contribution in [0.25, 0.3) is 11.5 Å². The molecule has 1 radical (unpaired) electrons. The maximum absolute atomic E-state index is 10.3. The van der Waals surface area contributed by atoms with Crippen molar-refractivity contribution in [2.24, 2.45) is 0 Å². The SMILES string of the molecule is O=[N+]([O-])c1ccc(-c2nn[c]o2)cc1. The molecule has 0 saturated carbocycles. The molecule has 1 aromatic carbocycles. The lowest BCUT2D eigenvalue weighted by Gasteiger charge is -1.93. The zero-order valence-electron chi connectivity index (χ0n) is 6.88. The van der Waals surface area contributed by atoms with Crippen LogP contribution in [-0.2, 0) is 0 Å². The van der Waals surface area contributed by atoms with Gasteiger partial charge >= 0.3 is 6.39 Å². The molecule has 0 aliphatic heterocycles. The molecule has 0 amide bonds. The molecule has 1 aromatic heterocycles. The van der Waals surface area contributed by atoms with Crippen LogP contribution < -0.4 is 0 Å². The molecule has 1 heterocycles. The third kappa shape index (κ3) is 1.45. The van der Waals surface area contributed by atoms with E-state index in [1.54, 1.807) is 12.1 Å². The van der Waals surface area contributed by atoms with Crippen LogP contribution in [0.2, 0.25) is 0 Å². The summed E-state index contributed by atoms with van der Waals surface area (Å²) in [4.78, 5) is 9.88. The number of nitro groups is 1. The first-order chi connectivity index (χ1) is 6.77. The third-order valence-electron chi connectivity index (χ3n) is 1.65. The largest absolute Gasteiger partial charge is 0.412 e. The Bertz CT molecular complexity index is 435. The summed E-state index contributed by atoms with van der Waals surface area (Å²) in [5.74, 6) is 0.292. The highest BCUT2D eigenvalue weighted by Crippen LogP contribution is 2.19. The van der Waals surface area contributed by atoms with E-state index in [1.165, 1.54) is 12.1 Å². The zero-order chi connectivity index (χ0) is 9.97. The van der Waals surface area contributed by atoms with Gasteiger partial charge in [-0.15, -0.1) is 10.2 Å². The van der Waals surface area contributed by atoms with Crippen molar-refractivity contribution < 1.29 is 9.34 Å². The standard InChI is InChI=1S/C8H4N3O3/c12-11(13)7-3-1-6(2-4-7)8-10-9-5-14-8/h1-4H. The van der Waals surface area contributed by atoms with Gasteiger partial charge in [0.2, 0.25) is 5.89 Å². The van der Waals surface area contributed by atoms with E-state index in [4.69, 9.17) is 4.42 Å². The molecule has 6 nitrogen and oxygen atoms in total. The molecular weight excluding hydrogens is 186 g/mol.